The quantitative estimate of drug-likeness (QED) is 0.729. The van der Waals surface area contributed by atoms with E-state index >= 15 is 0 Å². The molecule has 0 fully saturated rings. The Labute approximate surface area is 109 Å². The number of ether oxygens (including phenoxy) is 1. The highest BCUT2D eigenvalue weighted by Crippen LogP contribution is 2.51. The zero-order valence-corrected chi connectivity index (χ0v) is 9.62. The molecule has 7 heteroatoms. The van der Waals surface area contributed by atoms with Crippen LogP contribution in [0.25, 0.3) is 11.1 Å². The average Bonchev–Trinajstić information content (AvgIpc) is 2.38. The van der Waals surface area contributed by atoms with Gasteiger partial charge in [0.25, 0.3) is 0 Å². The van der Waals surface area contributed by atoms with Crippen LogP contribution < -0.4 is 4.74 Å². The van der Waals surface area contributed by atoms with E-state index in [0.29, 0.717) is 0 Å². The van der Waals surface area contributed by atoms with Crippen molar-refractivity contribution in [3.8, 4) is 28.4 Å². The van der Waals surface area contributed by atoms with Crippen LogP contribution in [0, 0.1) is 11.6 Å². The van der Waals surface area contributed by atoms with Gasteiger partial charge in [-0.05, 0) is 24.3 Å². The van der Waals surface area contributed by atoms with Crippen LogP contribution in [0.2, 0.25) is 0 Å². The van der Waals surface area contributed by atoms with E-state index in [0.717, 1.165) is 24.3 Å². The number of alkyl halides is 2. The zero-order valence-electron chi connectivity index (χ0n) is 9.62. The SMILES string of the molecule is Oc1ccc2c(c1F)OC(F)(F)c1c-2ccc(O)c1F. The molecule has 0 unspecified atom stereocenters. The number of hydrogen-bond acceptors (Lipinski definition) is 3. The Hall–Kier alpha value is -2.44. The van der Waals surface area contributed by atoms with Gasteiger partial charge in [0.15, 0.2) is 23.1 Å². The molecule has 2 N–H and O–H groups in total. The van der Waals surface area contributed by atoms with Gasteiger partial charge in [-0.3, -0.25) is 0 Å². The highest BCUT2D eigenvalue weighted by molar-refractivity contribution is 5.78. The molecule has 0 aliphatic carbocycles. The van der Waals surface area contributed by atoms with Gasteiger partial charge in [0.2, 0.25) is 5.82 Å². The molecular formula is C13H6F4O3. The lowest BCUT2D eigenvalue weighted by Crippen LogP contribution is -2.28. The largest absolute Gasteiger partial charge is 0.505 e. The van der Waals surface area contributed by atoms with Crippen molar-refractivity contribution in [3.05, 3.63) is 41.5 Å². The summed E-state index contributed by atoms with van der Waals surface area (Å²) in [5, 5.41) is 18.4. The van der Waals surface area contributed by atoms with Crippen LogP contribution in [0.15, 0.2) is 24.3 Å². The molecule has 1 heterocycles. The average molecular weight is 286 g/mol. The van der Waals surface area contributed by atoms with Crippen molar-refractivity contribution in [1.82, 2.24) is 0 Å². The Kier molecular flexibility index (Phi) is 2.38. The zero-order chi connectivity index (χ0) is 14.7. The summed E-state index contributed by atoms with van der Waals surface area (Å²) in [7, 11) is 0. The van der Waals surface area contributed by atoms with Crippen LogP contribution in [-0.2, 0) is 6.11 Å². The summed E-state index contributed by atoms with van der Waals surface area (Å²) >= 11 is 0. The van der Waals surface area contributed by atoms with E-state index in [1.54, 1.807) is 0 Å². The smallest absolute Gasteiger partial charge is 0.430 e. The van der Waals surface area contributed by atoms with Gasteiger partial charge >= 0.3 is 6.11 Å². The molecule has 104 valence electrons. The topological polar surface area (TPSA) is 49.7 Å². The minimum atomic E-state index is -4.17. The van der Waals surface area contributed by atoms with Gasteiger partial charge in [-0.25, -0.2) is 4.39 Å². The maximum absolute atomic E-state index is 13.8. The summed E-state index contributed by atoms with van der Waals surface area (Å²) in [5.74, 6) is -5.59. The van der Waals surface area contributed by atoms with Crippen molar-refractivity contribution in [3.63, 3.8) is 0 Å². The Balaban J connectivity index is 2.40. The van der Waals surface area contributed by atoms with Gasteiger partial charge in [-0.1, -0.05) is 0 Å². The number of aromatic hydroxyl groups is 2. The molecule has 2 aromatic carbocycles. The summed E-state index contributed by atoms with van der Waals surface area (Å²) in [6.45, 7) is 0. The van der Waals surface area contributed by atoms with E-state index in [4.69, 9.17) is 0 Å². The van der Waals surface area contributed by atoms with Crippen molar-refractivity contribution < 1.29 is 32.5 Å². The molecule has 1 aliphatic heterocycles. The van der Waals surface area contributed by atoms with E-state index < -0.39 is 40.6 Å². The Morgan fingerprint density at radius 2 is 1.40 bits per heavy atom. The number of hydrogen-bond donors (Lipinski definition) is 2. The number of fused-ring (bicyclic) bond motifs is 3. The fourth-order valence-corrected chi connectivity index (χ4v) is 2.11. The van der Waals surface area contributed by atoms with Crippen LogP contribution in [0.5, 0.6) is 17.2 Å². The first-order valence-electron chi connectivity index (χ1n) is 5.43. The van der Waals surface area contributed by atoms with Crippen LogP contribution in [0.1, 0.15) is 5.56 Å². The molecule has 0 aromatic heterocycles. The molecule has 0 radical (unpaired) electrons. The van der Waals surface area contributed by atoms with Gasteiger partial charge in [-0.15, -0.1) is 0 Å². The van der Waals surface area contributed by atoms with Crippen LogP contribution in [0.4, 0.5) is 17.6 Å². The molecule has 0 bridgehead atoms. The molecule has 3 rings (SSSR count). The molecule has 3 nitrogen and oxygen atoms in total. The van der Waals surface area contributed by atoms with Crippen molar-refractivity contribution in [1.29, 1.82) is 0 Å². The third-order valence-corrected chi connectivity index (χ3v) is 3.01. The second kappa shape index (κ2) is 3.78. The summed E-state index contributed by atoms with van der Waals surface area (Å²) in [4.78, 5) is 0. The summed E-state index contributed by atoms with van der Waals surface area (Å²) in [6.07, 6.45) is -4.17. The van der Waals surface area contributed by atoms with Crippen molar-refractivity contribution >= 4 is 0 Å². The van der Waals surface area contributed by atoms with Crippen LogP contribution >= 0.6 is 0 Å². The van der Waals surface area contributed by atoms with Gasteiger partial charge in [0.05, 0.1) is 0 Å². The standard InChI is InChI=1S/C13H6F4O3/c14-10-7(18)3-1-5-6-2-4-8(19)11(15)12(6)20-13(16,17)9(5)10/h1-4,18-19H. The monoisotopic (exact) mass is 286 g/mol. The predicted molar refractivity (Wildman–Crippen MR) is 59.6 cm³/mol. The predicted octanol–water partition coefficient (Wildman–Crippen LogP) is 3.48. The fourth-order valence-electron chi connectivity index (χ4n) is 2.11. The third-order valence-electron chi connectivity index (χ3n) is 3.01. The molecular weight excluding hydrogens is 280 g/mol. The Morgan fingerprint density at radius 1 is 0.850 bits per heavy atom. The van der Waals surface area contributed by atoms with Crippen molar-refractivity contribution in [2.45, 2.75) is 6.11 Å². The molecule has 0 saturated carbocycles. The number of phenols is 2. The number of benzene rings is 2. The second-order valence-electron chi connectivity index (χ2n) is 4.22. The molecule has 0 saturated heterocycles. The molecule has 0 spiro atoms. The summed E-state index contributed by atoms with van der Waals surface area (Å²) < 4.78 is 59.1. The number of halogens is 4. The van der Waals surface area contributed by atoms with Crippen LogP contribution in [0.3, 0.4) is 0 Å². The lowest BCUT2D eigenvalue weighted by molar-refractivity contribution is -0.190. The lowest BCUT2D eigenvalue weighted by atomic mass is 9.94. The van der Waals surface area contributed by atoms with E-state index in [2.05, 4.69) is 4.74 Å². The fraction of sp³-hybridized carbons (Fsp3) is 0.0769. The lowest BCUT2D eigenvalue weighted by Gasteiger charge is -2.28. The highest BCUT2D eigenvalue weighted by Gasteiger charge is 2.46. The molecule has 2 aromatic rings. The maximum Gasteiger partial charge on any atom is 0.430 e. The third kappa shape index (κ3) is 1.52. The van der Waals surface area contributed by atoms with E-state index in [-0.39, 0.29) is 11.1 Å². The van der Waals surface area contributed by atoms with E-state index in [1.807, 2.05) is 0 Å². The molecule has 1 aliphatic rings. The van der Waals surface area contributed by atoms with Gasteiger partial charge < -0.3 is 14.9 Å². The number of rotatable bonds is 0. The van der Waals surface area contributed by atoms with Gasteiger partial charge in [0, 0.05) is 11.1 Å². The minimum absolute atomic E-state index is 0.139. The summed E-state index contributed by atoms with van der Waals surface area (Å²) in [6, 6.07) is 3.97. The van der Waals surface area contributed by atoms with Crippen molar-refractivity contribution in [2.24, 2.45) is 0 Å². The first-order chi connectivity index (χ1) is 9.33. The molecule has 0 amide bonds. The van der Waals surface area contributed by atoms with E-state index in [1.165, 1.54) is 0 Å². The van der Waals surface area contributed by atoms with E-state index in [9.17, 15) is 27.8 Å². The highest BCUT2D eigenvalue weighted by atomic mass is 19.3. The Morgan fingerprint density at radius 3 is 2.05 bits per heavy atom. The minimum Gasteiger partial charge on any atom is -0.505 e. The Bertz CT molecular complexity index is 728. The second-order valence-corrected chi connectivity index (χ2v) is 4.22. The van der Waals surface area contributed by atoms with Crippen LogP contribution in [-0.4, -0.2) is 10.2 Å². The maximum atomic E-state index is 13.8. The molecule has 20 heavy (non-hydrogen) atoms. The first kappa shape index (κ1) is 12.6. The number of phenolic OH excluding ortho intramolecular Hbond substituents is 2. The normalized spacial score (nSPS) is 15.2. The summed E-state index contributed by atoms with van der Waals surface area (Å²) in [5.41, 5.74) is -1.62. The molecule has 0 atom stereocenters. The first-order valence-corrected chi connectivity index (χ1v) is 5.43. The van der Waals surface area contributed by atoms with Crippen molar-refractivity contribution in [2.75, 3.05) is 0 Å². The van der Waals surface area contributed by atoms with Gasteiger partial charge in [-0.2, -0.15) is 13.2 Å². The van der Waals surface area contributed by atoms with Gasteiger partial charge in [0.1, 0.15) is 5.56 Å².